The lowest BCUT2D eigenvalue weighted by atomic mass is 10.1. The third-order valence-electron chi connectivity index (χ3n) is 3.08. The van der Waals surface area contributed by atoms with Gasteiger partial charge in [-0.2, -0.15) is 0 Å². The van der Waals surface area contributed by atoms with Crippen molar-refractivity contribution in [3.8, 4) is 0 Å². The van der Waals surface area contributed by atoms with Gasteiger partial charge in [0.05, 0.1) is 6.04 Å². The fourth-order valence-electron chi connectivity index (χ4n) is 1.96. The molecule has 1 aromatic rings. The minimum atomic E-state index is -0.132. The van der Waals surface area contributed by atoms with Crippen LogP contribution in [0.25, 0.3) is 0 Å². The van der Waals surface area contributed by atoms with Crippen LogP contribution < -0.4 is 10.6 Å². The third kappa shape index (κ3) is 6.60. The van der Waals surface area contributed by atoms with Crippen molar-refractivity contribution in [3.63, 3.8) is 0 Å². The van der Waals surface area contributed by atoms with E-state index in [9.17, 15) is 9.59 Å². The van der Waals surface area contributed by atoms with Gasteiger partial charge in [0, 0.05) is 31.5 Å². The number of halogens is 1. The SMILES string of the molecule is CC(=O)NCCC(=O)NCC(c1cccc(Cl)c1)N(C)C. The van der Waals surface area contributed by atoms with Crippen LogP contribution >= 0.6 is 11.6 Å². The highest BCUT2D eigenvalue weighted by atomic mass is 35.5. The summed E-state index contributed by atoms with van der Waals surface area (Å²) >= 11 is 6.01. The molecule has 0 spiro atoms. The van der Waals surface area contributed by atoms with Crippen molar-refractivity contribution in [2.45, 2.75) is 19.4 Å². The standard InChI is InChI=1S/C15H22ClN3O2/c1-11(20)17-8-7-15(21)18-10-14(19(2)3)12-5-4-6-13(16)9-12/h4-6,9,14H,7-8,10H2,1-3H3,(H,17,20)(H,18,21). The van der Waals surface area contributed by atoms with E-state index in [1.54, 1.807) is 0 Å². The highest BCUT2D eigenvalue weighted by Crippen LogP contribution is 2.20. The molecule has 6 heteroatoms. The highest BCUT2D eigenvalue weighted by Gasteiger charge is 2.15. The Hall–Kier alpha value is -1.59. The van der Waals surface area contributed by atoms with Crippen LogP contribution in [0.4, 0.5) is 0 Å². The van der Waals surface area contributed by atoms with Gasteiger partial charge in [-0.15, -0.1) is 0 Å². The van der Waals surface area contributed by atoms with Crippen molar-refractivity contribution in [2.24, 2.45) is 0 Å². The summed E-state index contributed by atoms with van der Waals surface area (Å²) in [6.45, 7) is 2.27. The molecule has 0 fully saturated rings. The molecule has 5 nitrogen and oxygen atoms in total. The van der Waals surface area contributed by atoms with E-state index in [0.717, 1.165) is 5.56 Å². The van der Waals surface area contributed by atoms with Crippen molar-refractivity contribution in [1.82, 2.24) is 15.5 Å². The first kappa shape index (κ1) is 17.5. The summed E-state index contributed by atoms with van der Waals surface area (Å²) in [6, 6.07) is 7.65. The van der Waals surface area contributed by atoms with Crippen LogP contribution in [0, 0.1) is 0 Å². The van der Waals surface area contributed by atoms with Gasteiger partial charge in [-0.25, -0.2) is 0 Å². The predicted molar refractivity (Wildman–Crippen MR) is 84.2 cm³/mol. The molecule has 0 heterocycles. The zero-order valence-electron chi connectivity index (χ0n) is 12.6. The van der Waals surface area contributed by atoms with Crippen LogP contribution in [0.2, 0.25) is 5.02 Å². The lowest BCUT2D eigenvalue weighted by molar-refractivity contribution is -0.121. The average molecular weight is 312 g/mol. The topological polar surface area (TPSA) is 61.4 Å². The van der Waals surface area contributed by atoms with E-state index in [1.165, 1.54) is 6.92 Å². The zero-order chi connectivity index (χ0) is 15.8. The first-order valence-corrected chi connectivity index (χ1v) is 7.21. The number of hydrogen-bond acceptors (Lipinski definition) is 3. The van der Waals surface area contributed by atoms with E-state index in [4.69, 9.17) is 11.6 Å². The number of rotatable bonds is 7. The van der Waals surface area contributed by atoms with Gasteiger partial charge in [0.25, 0.3) is 0 Å². The van der Waals surface area contributed by atoms with E-state index < -0.39 is 0 Å². The minimum Gasteiger partial charge on any atom is -0.356 e. The molecule has 1 unspecified atom stereocenters. The summed E-state index contributed by atoms with van der Waals surface area (Å²) in [5.41, 5.74) is 1.05. The van der Waals surface area contributed by atoms with Gasteiger partial charge in [-0.1, -0.05) is 23.7 Å². The van der Waals surface area contributed by atoms with Crippen molar-refractivity contribution in [2.75, 3.05) is 27.2 Å². The summed E-state index contributed by atoms with van der Waals surface area (Å²) in [7, 11) is 3.91. The molecule has 1 rings (SSSR count). The third-order valence-corrected chi connectivity index (χ3v) is 3.31. The molecule has 0 saturated carbocycles. The van der Waals surface area contributed by atoms with E-state index >= 15 is 0 Å². The molecule has 0 aromatic heterocycles. The van der Waals surface area contributed by atoms with E-state index in [0.29, 0.717) is 18.1 Å². The molecule has 0 aliphatic heterocycles. The number of hydrogen-bond donors (Lipinski definition) is 2. The van der Waals surface area contributed by atoms with Crippen LogP contribution in [0.5, 0.6) is 0 Å². The molecule has 1 atom stereocenters. The Kier molecular flexibility index (Phi) is 7.19. The Morgan fingerprint density at radius 3 is 2.57 bits per heavy atom. The summed E-state index contributed by atoms with van der Waals surface area (Å²) < 4.78 is 0. The monoisotopic (exact) mass is 311 g/mol. The minimum absolute atomic E-state index is 0.0495. The maximum Gasteiger partial charge on any atom is 0.221 e. The number of benzene rings is 1. The molecular weight excluding hydrogens is 290 g/mol. The number of carbonyl (C=O) groups excluding carboxylic acids is 2. The Labute approximate surface area is 130 Å². The second kappa shape index (κ2) is 8.64. The predicted octanol–water partition coefficient (Wildman–Crippen LogP) is 1.59. The van der Waals surface area contributed by atoms with Gasteiger partial charge < -0.3 is 15.5 Å². The van der Waals surface area contributed by atoms with Gasteiger partial charge in [0.15, 0.2) is 0 Å². The molecule has 0 aliphatic rings. The first-order chi connectivity index (χ1) is 9.90. The maximum atomic E-state index is 11.7. The van der Waals surface area contributed by atoms with Gasteiger partial charge in [-0.05, 0) is 31.8 Å². The summed E-state index contributed by atoms with van der Waals surface area (Å²) in [5, 5.41) is 6.16. The van der Waals surface area contributed by atoms with E-state index in [-0.39, 0.29) is 24.3 Å². The number of carbonyl (C=O) groups is 2. The lowest BCUT2D eigenvalue weighted by Crippen LogP contribution is -2.36. The molecule has 0 radical (unpaired) electrons. The van der Waals surface area contributed by atoms with Crippen molar-refractivity contribution >= 4 is 23.4 Å². The summed E-state index contributed by atoms with van der Waals surface area (Å²) in [4.78, 5) is 24.5. The van der Waals surface area contributed by atoms with Crippen LogP contribution in [-0.4, -0.2) is 43.9 Å². The van der Waals surface area contributed by atoms with Crippen LogP contribution in [0.3, 0.4) is 0 Å². The summed E-state index contributed by atoms with van der Waals surface area (Å²) in [5.74, 6) is -0.217. The number of amides is 2. The van der Waals surface area contributed by atoms with Gasteiger partial charge in [-0.3, -0.25) is 9.59 Å². The van der Waals surface area contributed by atoms with Crippen molar-refractivity contribution in [1.29, 1.82) is 0 Å². The molecule has 0 bridgehead atoms. The number of likely N-dealkylation sites (N-methyl/N-ethyl adjacent to an activating group) is 1. The molecule has 0 saturated heterocycles. The Morgan fingerprint density at radius 1 is 1.29 bits per heavy atom. The fraction of sp³-hybridized carbons (Fsp3) is 0.467. The highest BCUT2D eigenvalue weighted by molar-refractivity contribution is 6.30. The zero-order valence-corrected chi connectivity index (χ0v) is 13.4. The quantitative estimate of drug-likeness (QED) is 0.804. The van der Waals surface area contributed by atoms with Crippen molar-refractivity contribution < 1.29 is 9.59 Å². The second-order valence-electron chi connectivity index (χ2n) is 5.07. The van der Waals surface area contributed by atoms with E-state index in [1.807, 2.05) is 43.3 Å². The van der Waals surface area contributed by atoms with Gasteiger partial charge in [0.1, 0.15) is 0 Å². The maximum absolute atomic E-state index is 11.7. The van der Waals surface area contributed by atoms with Crippen LogP contribution in [-0.2, 0) is 9.59 Å². The molecular formula is C15H22ClN3O2. The van der Waals surface area contributed by atoms with Crippen LogP contribution in [0.15, 0.2) is 24.3 Å². The lowest BCUT2D eigenvalue weighted by Gasteiger charge is -2.25. The smallest absolute Gasteiger partial charge is 0.221 e. The largest absolute Gasteiger partial charge is 0.356 e. The van der Waals surface area contributed by atoms with Crippen molar-refractivity contribution in [3.05, 3.63) is 34.9 Å². The second-order valence-corrected chi connectivity index (χ2v) is 5.51. The number of nitrogens with zero attached hydrogens (tertiary/aromatic N) is 1. The van der Waals surface area contributed by atoms with Gasteiger partial charge in [0.2, 0.25) is 11.8 Å². The van der Waals surface area contributed by atoms with Gasteiger partial charge >= 0.3 is 0 Å². The fourth-order valence-corrected chi connectivity index (χ4v) is 2.16. The Bertz CT molecular complexity index is 492. The molecule has 2 N–H and O–H groups in total. The molecule has 2 amide bonds. The van der Waals surface area contributed by atoms with Crippen LogP contribution in [0.1, 0.15) is 24.9 Å². The molecule has 21 heavy (non-hydrogen) atoms. The number of nitrogens with one attached hydrogen (secondary N) is 2. The normalized spacial score (nSPS) is 12.0. The Balaban J connectivity index is 2.52. The first-order valence-electron chi connectivity index (χ1n) is 6.83. The molecule has 1 aromatic carbocycles. The Morgan fingerprint density at radius 2 is 2.00 bits per heavy atom. The summed E-state index contributed by atoms with van der Waals surface area (Å²) in [6.07, 6.45) is 0.273. The van der Waals surface area contributed by atoms with E-state index in [2.05, 4.69) is 10.6 Å². The average Bonchev–Trinajstić information content (AvgIpc) is 2.38. The molecule has 0 aliphatic carbocycles. The molecule has 116 valence electrons.